The van der Waals surface area contributed by atoms with Crippen LogP contribution in [0.15, 0.2) is 79.4 Å². The molecule has 0 radical (unpaired) electrons. The molecule has 1 amide bonds. The van der Waals surface area contributed by atoms with Crippen molar-refractivity contribution in [3.05, 3.63) is 102 Å². The third kappa shape index (κ3) is 5.98. The van der Waals surface area contributed by atoms with Gasteiger partial charge in [-0.2, -0.15) is 5.10 Å². The summed E-state index contributed by atoms with van der Waals surface area (Å²) >= 11 is 0. The predicted octanol–water partition coefficient (Wildman–Crippen LogP) is 4.28. The number of benzene rings is 2. The molecule has 7 heteroatoms. The zero-order valence-corrected chi connectivity index (χ0v) is 20.5. The molecule has 184 valence electrons. The molecule has 0 spiro atoms. The van der Waals surface area contributed by atoms with E-state index in [0.29, 0.717) is 32.9 Å². The van der Waals surface area contributed by atoms with Crippen molar-refractivity contribution in [2.75, 3.05) is 26.4 Å². The Hall–Kier alpha value is -3.97. The van der Waals surface area contributed by atoms with Crippen molar-refractivity contribution in [3.63, 3.8) is 0 Å². The van der Waals surface area contributed by atoms with Crippen molar-refractivity contribution < 1.29 is 14.3 Å². The largest absolute Gasteiger partial charge is 0.491 e. The molecule has 0 atom stereocenters. The van der Waals surface area contributed by atoms with Crippen LogP contribution in [-0.2, 0) is 29.0 Å². The summed E-state index contributed by atoms with van der Waals surface area (Å²) in [6.45, 7) is 4.55. The summed E-state index contributed by atoms with van der Waals surface area (Å²) in [5, 5.41) is 4.27. The average Bonchev–Trinajstić information content (AvgIpc) is 3.30. The van der Waals surface area contributed by atoms with Gasteiger partial charge in [-0.05, 0) is 52.9 Å². The molecule has 0 aliphatic carbocycles. The molecule has 2 aromatic heterocycles. The minimum atomic E-state index is 0.0157. The number of carbonyl (C=O) groups excluding carboxylic acids is 1. The molecule has 0 saturated heterocycles. The summed E-state index contributed by atoms with van der Waals surface area (Å²) < 4.78 is 13.6. The number of hydrogen-bond acceptors (Lipinski definition) is 5. The van der Waals surface area contributed by atoms with Crippen LogP contribution in [0, 0.1) is 6.92 Å². The molecule has 1 aliphatic heterocycles. The lowest BCUT2D eigenvalue weighted by atomic mass is 9.98. The zero-order chi connectivity index (χ0) is 24.7. The Labute approximate surface area is 211 Å². The molecule has 2 aromatic carbocycles. The van der Waals surface area contributed by atoms with E-state index in [0.717, 1.165) is 40.0 Å². The summed E-state index contributed by atoms with van der Waals surface area (Å²) in [7, 11) is 0. The van der Waals surface area contributed by atoms with Gasteiger partial charge in [-0.25, -0.2) is 0 Å². The second-order valence-electron chi connectivity index (χ2n) is 9.05. The maximum absolute atomic E-state index is 13.1. The summed E-state index contributed by atoms with van der Waals surface area (Å²) in [4.78, 5) is 19.2. The molecular weight excluding hydrogens is 452 g/mol. The van der Waals surface area contributed by atoms with Crippen LogP contribution in [0.4, 0.5) is 0 Å². The fourth-order valence-corrected chi connectivity index (χ4v) is 4.42. The Balaban J connectivity index is 1.40. The number of hydrogen-bond donors (Lipinski definition) is 0. The molecular formula is C29H30N4O3. The Morgan fingerprint density at radius 2 is 1.89 bits per heavy atom. The van der Waals surface area contributed by atoms with E-state index in [-0.39, 0.29) is 12.5 Å². The number of ether oxygens (including phenoxy) is 2. The third-order valence-electron chi connectivity index (χ3n) is 6.22. The number of pyridine rings is 1. The first kappa shape index (κ1) is 23.8. The number of fused-ring (bicyclic) bond motifs is 3. The van der Waals surface area contributed by atoms with Crippen LogP contribution in [0.3, 0.4) is 0 Å². The fraction of sp³-hybridized carbons (Fsp3) is 0.276. The number of nitrogens with zero attached hydrogens (tertiary/aromatic N) is 4. The van der Waals surface area contributed by atoms with Gasteiger partial charge in [0.2, 0.25) is 5.91 Å². The summed E-state index contributed by atoms with van der Waals surface area (Å²) in [6, 6.07) is 18.7. The van der Waals surface area contributed by atoms with Gasteiger partial charge < -0.3 is 14.4 Å². The number of carbonyl (C=O) groups is 1. The van der Waals surface area contributed by atoms with E-state index >= 15 is 0 Å². The Bertz CT molecular complexity index is 1320. The molecule has 1 aliphatic rings. The molecule has 0 unspecified atom stereocenters. The molecule has 0 N–H and O–H groups in total. The molecule has 7 nitrogen and oxygen atoms in total. The zero-order valence-electron chi connectivity index (χ0n) is 20.5. The van der Waals surface area contributed by atoms with Gasteiger partial charge in [0.1, 0.15) is 18.9 Å². The SMILES string of the molecule is Cc1cnn(CC(=O)N2CCOCCOc3ccc(-c4cccnc4)cc3Cc3cccc(c3)C2)c1. The van der Waals surface area contributed by atoms with E-state index in [4.69, 9.17) is 9.47 Å². The predicted molar refractivity (Wildman–Crippen MR) is 138 cm³/mol. The van der Waals surface area contributed by atoms with Gasteiger partial charge in [0.25, 0.3) is 0 Å². The van der Waals surface area contributed by atoms with Crippen LogP contribution in [-0.4, -0.2) is 51.9 Å². The number of aromatic nitrogens is 3. The van der Waals surface area contributed by atoms with Gasteiger partial charge in [0, 0.05) is 43.7 Å². The van der Waals surface area contributed by atoms with Crippen molar-refractivity contribution in [2.24, 2.45) is 0 Å². The maximum atomic E-state index is 13.1. The van der Waals surface area contributed by atoms with Crippen molar-refractivity contribution in [1.29, 1.82) is 0 Å². The van der Waals surface area contributed by atoms with E-state index in [1.807, 2.05) is 36.4 Å². The highest BCUT2D eigenvalue weighted by molar-refractivity contribution is 5.76. The lowest BCUT2D eigenvalue weighted by molar-refractivity contribution is -0.133. The molecule has 2 bridgehead atoms. The second kappa shape index (κ2) is 11.2. The van der Waals surface area contributed by atoms with Crippen molar-refractivity contribution >= 4 is 5.91 Å². The normalized spacial score (nSPS) is 14.4. The third-order valence-corrected chi connectivity index (χ3v) is 6.22. The lowest BCUT2D eigenvalue weighted by Gasteiger charge is -2.24. The number of aryl methyl sites for hydroxylation is 1. The molecule has 3 heterocycles. The van der Waals surface area contributed by atoms with Gasteiger partial charge in [-0.15, -0.1) is 0 Å². The highest BCUT2D eigenvalue weighted by atomic mass is 16.5. The number of amides is 1. The van der Waals surface area contributed by atoms with Crippen molar-refractivity contribution in [1.82, 2.24) is 19.7 Å². The first-order valence-corrected chi connectivity index (χ1v) is 12.2. The van der Waals surface area contributed by atoms with Crippen LogP contribution in [0.2, 0.25) is 0 Å². The first-order valence-electron chi connectivity index (χ1n) is 12.2. The van der Waals surface area contributed by atoms with Crippen molar-refractivity contribution in [2.45, 2.75) is 26.4 Å². The molecule has 5 rings (SSSR count). The van der Waals surface area contributed by atoms with Crippen molar-refractivity contribution in [3.8, 4) is 16.9 Å². The second-order valence-corrected chi connectivity index (χ2v) is 9.05. The maximum Gasteiger partial charge on any atom is 0.244 e. The highest BCUT2D eigenvalue weighted by Crippen LogP contribution is 2.29. The van der Waals surface area contributed by atoms with Crippen LogP contribution in [0.25, 0.3) is 11.1 Å². The number of rotatable bonds is 3. The Morgan fingerprint density at radius 3 is 2.72 bits per heavy atom. The van der Waals surface area contributed by atoms with E-state index in [1.165, 1.54) is 5.56 Å². The first-order chi connectivity index (χ1) is 17.6. The monoisotopic (exact) mass is 482 g/mol. The van der Waals surface area contributed by atoms with E-state index in [9.17, 15) is 4.79 Å². The van der Waals surface area contributed by atoms with E-state index in [1.54, 1.807) is 17.1 Å². The van der Waals surface area contributed by atoms with Crippen LogP contribution >= 0.6 is 0 Å². The van der Waals surface area contributed by atoms with Crippen LogP contribution < -0.4 is 4.74 Å². The van der Waals surface area contributed by atoms with Gasteiger partial charge >= 0.3 is 0 Å². The fourth-order valence-electron chi connectivity index (χ4n) is 4.42. The quantitative estimate of drug-likeness (QED) is 0.436. The molecule has 36 heavy (non-hydrogen) atoms. The Kier molecular flexibility index (Phi) is 7.38. The topological polar surface area (TPSA) is 69.5 Å². The summed E-state index contributed by atoms with van der Waals surface area (Å²) in [5.74, 6) is 0.877. The smallest absolute Gasteiger partial charge is 0.244 e. The standard InChI is InChI=1S/C29H30N4O3/c1-22-17-31-33(19-22)21-29(34)32-10-11-35-12-13-36-28-8-7-25(26-6-3-9-30-18-26)16-27(28)15-23-4-2-5-24(14-23)20-32/h2-9,14,16-19H,10-13,15,20-21H2,1H3. The Morgan fingerprint density at radius 1 is 0.972 bits per heavy atom. The minimum absolute atomic E-state index is 0.0157. The van der Waals surface area contributed by atoms with Gasteiger partial charge in [-0.1, -0.05) is 36.4 Å². The van der Waals surface area contributed by atoms with Gasteiger partial charge in [-0.3, -0.25) is 14.5 Å². The molecule has 4 aromatic rings. The van der Waals surface area contributed by atoms with Gasteiger partial charge in [0.05, 0.1) is 19.4 Å². The van der Waals surface area contributed by atoms with E-state index < -0.39 is 0 Å². The lowest BCUT2D eigenvalue weighted by Crippen LogP contribution is -2.36. The summed E-state index contributed by atoms with van der Waals surface area (Å²) in [6.07, 6.45) is 8.02. The van der Waals surface area contributed by atoms with Gasteiger partial charge in [0.15, 0.2) is 0 Å². The van der Waals surface area contributed by atoms with Crippen LogP contribution in [0.5, 0.6) is 5.75 Å². The average molecular weight is 483 g/mol. The van der Waals surface area contributed by atoms with E-state index in [2.05, 4.69) is 52.5 Å². The summed E-state index contributed by atoms with van der Waals surface area (Å²) in [5.41, 5.74) is 6.56. The molecule has 0 saturated carbocycles. The van der Waals surface area contributed by atoms with Crippen LogP contribution in [0.1, 0.15) is 22.3 Å². The highest BCUT2D eigenvalue weighted by Gasteiger charge is 2.17. The molecule has 0 fully saturated rings. The minimum Gasteiger partial charge on any atom is -0.491 e.